The lowest BCUT2D eigenvalue weighted by Gasteiger charge is -2.12. The van der Waals surface area contributed by atoms with Crippen LogP contribution in [0.2, 0.25) is 0 Å². The number of aryl methyl sites for hydroxylation is 1. The Kier molecular flexibility index (Phi) is 2.65. The van der Waals surface area contributed by atoms with Gasteiger partial charge in [0.25, 0.3) is 0 Å². The van der Waals surface area contributed by atoms with Gasteiger partial charge in [-0.3, -0.25) is 5.84 Å². The molecule has 0 aliphatic carbocycles. The van der Waals surface area contributed by atoms with Crippen molar-refractivity contribution in [2.45, 2.75) is 19.4 Å². The highest BCUT2D eigenvalue weighted by atomic mass is 16.5. The first-order chi connectivity index (χ1) is 6.74. The summed E-state index contributed by atoms with van der Waals surface area (Å²) >= 11 is 0. The highest BCUT2D eigenvalue weighted by Crippen LogP contribution is 2.14. The smallest absolute Gasteiger partial charge is 0.213 e. The lowest BCUT2D eigenvalue weighted by atomic mass is 10.3. The number of nitrogens with two attached hydrogens (primary N) is 1. The Morgan fingerprint density at radius 3 is 3.07 bits per heavy atom. The van der Waals surface area contributed by atoms with E-state index < -0.39 is 0 Å². The summed E-state index contributed by atoms with van der Waals surface area (Å²) < 4.78 is 5.69. The minimum Gasteiger partial charge on any atom is -0.473 e. The second kappa shape index (κ2) is 3.94. The van der Waals surface area contributed by atoms with E-state index in [0.29, 0.717) is 5.88 Å². The number of hydrazine groups is 1. The monoisotopic (exact) mass is 193 g/mol. The van der Waals surface area contributed by atoms with Gasteiger partial charge in [0.15, 0.2) is 0 Å². The average molecular weight is 193 g/mol. The molecule has 4 heteroatoms. The Morgan fingerprint density at radius 1 is 1.57 bits per heavy atom. The SMILES string of the molecule is Cc1cccc(OC2CCN(N)C2)n1. The van der Waals surface area contributed by atoms with E-state index in [-0.39, 0.29) is 6.10 Å². The molecule has 2 N–H and O–H groups in total. The quantitative estimate of drug-likeness (QED) is 0.703. The fraction of sp³-hybridized carbons (Fsp3) is 0.500. The topological polar surface area (TPSA) is 51.4 Å². The third kappa shape index (κ3) is 2.21. The molecule has 1 aliphatic rings. The maximum atomic E-state index is 5.69. The van der Waals surface area contributed by atoms with E-state index in [2.05, 4.69) is 4.98 Å². The summed E-state index contributed by atoms with van der Waals surface area (Å²) in [6.07, 6.45) is 1.17. The fourth-order valence-corrected chi connectivity index (χ4v) is 1.60. The minimum atomic E-state index is 0.189. The lowest BCUT2D eigenvalue weighted by Crippen LogP contribution is -2.30. The minimum absolute atomic E-state index is 0.189. The molecule has 1 aromatic rings. The first kappa shape index (κ1) is 9.43. The Balaban J connectivity index is 1.97. The average Bonchev–Trinajstić information content (AvgIpc) is 2.51. The Hall–Kier alpha value is -1.13. The number of hydrogen-bond acceptors (Lipinski definition) is 4. The van der Waals surface area contributed by atoms with E-state index in [0.717, 1.165) is 25.2 Å². The number of aromatic nitrogens is 1. The van der Waals surface area contributed by atoms with Crippen LogP contribution in [0.1, 0.15) is 12.1 Å². The molecule has 1 fully saturated rings. The molecule has 0 spiro atoms. The molecule has 0 amide bonds. The molecule has 0 bridgehead atoms. The van der Waals surface area contributed by atoms with Crippen molar-refractivity contribution in [1.82, 2.24) is 9.99 Å². The maximum Gasteiger partial charge on any atom is 0.213 e. The first-order valence-electron chi connectivity index (χ1n) is 4.84. The van der Waals surface area contributed by atoms with Gasteiger partial charge >= 0.3 is 0 Å². The van der Waals surface area contributed by atoms with Gasteiger partial charge in [0.05, 0.1) is 6.54 Å². The van der Waals surface area contributed by atoms with Crippen LogP contribution >= 0.6 is 0 Å². The van der Waals surface area contributed by atoms with Crippen LogP contribution in [0.5, 0.6) is 5.88 Å². The summed E-state index contributed by atoms with van der Waals surface area (Å²) in [5.41, 5.74) is 0.977. The van der Waals surface area contributed by atoms with Gasteiger partial charge in [-0.2, -0.15) is 0 Å². The molecule has 0 saturated carbocycles. The van der Waals surface area contributed by atoms with Crippen molar-refractivity contribution in [3.05, 3.63) is 23.9 Å². The summed E-state index contributed by atoms with van der Waals surface area (Å²) in [7, 11) is 0. The van der Waals surface area contributed by atoms with Crippen molar-refractivity contribution in [2.75, 3.05) is 13.1 Å². The van der Waals surface area contributed by atoms with E-state index >= 15 is 0 Å². The van der Waals surface area contributed by atoms with Crippen molar-refractivity contribution in [1.29, 1.82) is 0 Å². The van der Waals surface area contributed by atoms with Crippen molar-refractivity contribution in [3.8, 4) is 5.88 Å². The molecule has 2 rings (SSSR count). The number of nitrogens with zero attached hydrogens (tertiary/aromatic N) is 2. The fourth-order valence-electron chi connectivity index (χ4n) is 1.60. The van der Waals surface area contributed by atoms with Crippen LogP contribution in [0.15, 0.2) is 18.2 Å². The summed E-state index contributed by atoms with van der Waals surface area (Å²) in [4.78, 5) is 4.28. The van der Waals surface area contributed by atoms with Crippen molar-refractivity contribution >= 4 is 0 Å². The molecule has 0 radical (unpaired) electrons. The van der Waals surface area contributed by atoms with E-state index in [1.807, 2.05) is 25.1 Å². The van der Waals surface area contributed by atoms with Crippen LogP contribution in [0.25, 0.3) is 0 Å². The van der Waals surface area contributed by atoms with Gasteiger partial charge in [-0.05, 0) is 19.4 Å². The first-order valence-corrected chi connectivity index (χ1v) is 4.84. The lowest BCUT2D eigenvalue weighted by molar-refractivity contribution is 0.193. The second-order valence-corrected chi connectivity index (χ2v) is 3.64. The zero-order valence-corrected chi connectivity index (χ0v) is 8.31. The predicted octanol–water partition coefficient (Wildman–Crippen LogP) is 0.717. The molecule has 1 saturated heterocycles. The van der Waals surface area contributed by atoms with Gasteiger partial charge < -0.3 is 4.74 Å². The van der Waals surface area contributed by atoms with Crippen LogP contribution in [0, 0.1) is 6.92 Å². The molecule has 1 aliphatic heterocycles. The summed E-state index contributed by atoms with van der Waals surface area (Å²) in [5.74, 6) is 6.34. The van der Waals surface area contributed by atoms with Crippen LogP contribution in [0.4, 0.5) is 0 Å². The molecule has 1 unspecified atom stereocenters. The zero-order valence-electron chi connectivity index (χ0n) is 8.31. The molecule has 14 heavy (non-hydrogen) atoms. The molecule has 76 valence electrons. The summed E-state index contributed by atoms with van der Waals surface area (Å²) in [6.45, 7) is 3.64. The Bertz CT molecular complexity index is 316. The van der Waals surface area contributed by atoms with Gasteiger partial charge in [-0.25, -0.2) is 9.99 Å². The number of ether oxygens (including phenoxy) is 1. The van der Waals surface area contributed by atoms with Gasteiger partial charge in [0, 0.05) is 18.3 Å². The molecule has 1 aromatic heterocycles. The van der Waals surface area contributed by atoms with Gasteiger partial charge in [0.2, 0.25) is 5.88 Å². The zero-order chi connectivity index (χ0) is 9.97. The third-order valence-corrected chi connectivity index (χ3v) is 2.33. The largest absolute Gasteiger partial charge is 0.473 e. The standard InChI is InChI=1S/C10H15N3O/c1-8-3-2-4-10(12-8)14-9-5-6-13(11)7-9/h2-4,9H,5-7,11H2,1H3. The molecular formula is C10H15N3O. The molecule has 1 atom stereocenters. The van der Waals surface area contributed by atoms with Gasteiger partial charge in [0.1, 0.15) is 6.10 Å². The molecular weight excluding hydrogens is 178 g/mol. The third-order valence-electron chi connectivity index (χ3n) is 2.33. The maximum absolute atomic E-state index is 5.69. The van der Waals surface area contributed by atoms with Crippen LogP contribution in [-0.2, 0) is 0 Å². The highest BCUT2D eigenvalue weighted by molar-refractivity contribution is 5.15. The van der Waals surface area contributed by atoms with E-state index in [9.17, 15) is 0 Å². The normalized spacial score (nSPS) is 22.6. The van der Waals surface area contributed by atoms with Crippen LogP contribution in [0.3, 0.4) is 0 Å². The molecule has 4 nitrogen and oxygen atoms in total. The molecule has 2 heterocycles. The highest BCUT2D eigenvalue weighted by Gasteiger charge is 2.21. The predicted molar refractivity (Wildman–Crippen MR) is 53.8 cm³/mol. The number of hydrogen-bond donors (Lipinski definition) is 1. The summed E-state index contributed by atoms with van der Waals surface area (Å²) in [6, 6.07) is 5.79. The van der Waals surface area contributed by atoms with Gasteiger partial charge in [-0.15, -0.1) is 0 Å². The number of rotatable bonds is 2. The van der Waals surface area contributed by atoms with E-state index in [4.69, 9.17) is 10.6 Å². The molecule has 0 aromatic carbocycles. The van der Waals surface area contributed by atoms with Crippen molar-refractivity contribution in [2.24, 2.45) is 5.84 Å². The Labute approximate surface area is 83.7 Å². The summed E-state index contributed by atoms with van der Waals surface area (Å²) in [5, 5.41) is 1.78. The second-order valence-electron chi connectivity index (χ2n) is 3.64. The van der Waals surface area contributed by atoms with Crippen molar-refractivity contribution < 1.29 is 4.74 Å². The Morgan fingerprint density at radius 2 is 2.43 bits per heavy atom. The van der Waals surface area contributed by atoms with Crippen LogP contribution < -0.4 is 10.6 Å². The van der Waals surface area contributed by atoms with E-state index in [1.165, 1.54) is 0 Å². The van der Waals surface area contributed by atoms with E-state index in [1.54, 1.807) is 5.01 Å². The number of pyridine rings is 1. The van der Waals surface area contributed by atoms with Crippen molar-refractivity contribution in [3.63, 3.8) is 0 Å². The van der Waals surface area contributed by atoms with Crippen LogP contribution in [-0.4, -0.2) is 29.2 Å². The van der Waals surface area contributed by atoms with Gasteiger partial charge in [-0.1, -0.05) is 6.07 Å².